The molecule has 14 heavy (non-hydrogen) atoms. The van der Waals surface area contributed by atoms with Gasteiger partial charge in [0.2, 0.25) is 0 Å². The van der Waals surface area contributed by atoms with Gasteiger partial charge in [0, 0.05) is 6.42 Å². The summed E-state index contributed by atoms with van der Waals surface area (Å²) in [6, 6.07) is 10.1. The molecule has 0 spiro atoms. The summed E-state index contributed by atoms with van der Waals surface area (Å²) in [6.07, 6.45) is 4.77. The van der Waals surface area contributed by atoms with Crippen LogP contribution in [0.1, 0.15) is 25.8 Å². The standard InChI is InChI=1S/C13H16O/c1-11(10-12(2)14)8-9-13-6-4-3-5-7-13/h3-9,11H,10H2,1-2H3/t11-/m0/s1. The van der Waals surface area contributed by atoms with E-state index in [4.69, 9.17) is 0 Å². The van der Waals surface area contributed by atoms with E-state index >= 15 is 0 Å². The summed E-state index contributed by atoms with van der Waals surface area (Å²) >= 11 is 0. The lowest BCUT2D eigenvalue weighted by molar-refractivity contribution is -0.117. The Kier molecular flexibility index (Phi) is 4.11. The quantitative estimate of drug-likeness (QED) is 0.708. The second-order valence-electron chi connectivity index (χ2n) is 3.65. The number of hydrogen-bond donors (Lipinski definition) is 0. The Morgan fingerprint density at radius 3 is 2.57 bits per heavy atom. The SMILES string of the molecule is CC(=O)C[C@@H](C)C=Cc1ccccc1. The summed E-state index contributed by atoms with van der Waals surface area (Å²) in [7, 11) is 0. The van der Waals surface area contributed by atoms with Crippen LogP contribution in [0.5, 0.6) is 0 Å². The Balaban J connectivity index is 2.52. The molecule has 1 aromatic carbocycles. The highest BCUT2D eigenvalue weighted by Gasteiger charge is 1.99. The van der Waals surface area contributed by atoms with E-state index in [-0.39, 0.29) is 5.78 Å². The number of carbonyl (C=O) groups is 1. The average Bonchev–Trinajstić information content (AvgIpc) is 2.15. The fourth-order valence-corrected chi connectivity index (χ4v) is 1.36. The highest BCUT2D eigenvalue weighted by atomic mass is 16.1. The van der Waals surface area contributed by atoms with Gasteiger partial charge in [0.05, 0.1) is 0 Å². The summed E-state index contributed by atoms with van der Waals surface area (Å²) < 4.78 is 0. The lowest BCUT2D eigenvalue weighted by atomic mass is 10.0. The largest absolute Gasteiger partial charge is 0.300 e. The first-order chi connectivity index (χ1) is 6.68. The zero-order valence-corrected chi connectivity index (χ0v) is 8.73. The molecule has 0 aromatic heterocycles. The first kappa shape index (κ1) is 10.7. The van der Waals surface area contributed by atoms with Crippen LogP contribution in [0.15, 0.2) is 36.4 Å². The number of hydrogen-bond acceptors (Lipinski definition) is 1. The van der Waals surface area contributed by atoms with E-state index in [0.29, 0.717) is 12.3 Å². The van der Waals surface area contributed by atoms with Crippen molar-refractivity contribution < 1.29 is 4.79 Å². The molecule has 0 fully saturated rings. The second-order valence-corrected chi connectivity index (χ2v) is 3.65. The van der Waals surface area contributed by atoms with Gasteiger partial charge < -0.3 is 4.79 Å². The monoisotopic (exact) mass is 188 g/mol. The highest BCUT2D eigenvalue weighted by molar-refractivity contribution is 5.76. The van der Waals surface area contributed by atoms with E-state index in [1.807, 2.05) is 18.2 Å². The maximum atomic E-state index is 10.8. The van der Waals surface area contributed by atoms with Crippen molar-refractivity contribution in [3.63, 3.8) is 0 Å². The van der Waals surface area contributed by atoms with Crippen molar-refractivity contribution in [3.05, 3.63) is 42.0 Å². The van der Waals surface area contributed by atoms with Crippen molar-refractivity contribution >= 4 is 11.9 Å². The zero-order chi connectivity index (χ0) is 10.4. The molecule has 1 rings (SSSR count). The van der Waals surface area contributed by atoms with Crippen molar-refractivity contribution in [2.45, 2.75) is 20.3 Å². The van der Waals surface area contributed by atoms with Crippen LogP contribution in [0, 0.1) is 5.92 Å². The van der Waals surface area contributed by atoms with Crippen molar-refractivity contribution in [1.29, 1.82) is 0 Å². The average molecular weight is 188 g/mol. The molecule has 0 saturated carbocycles. The molecule has 1 nitrogen and oxygen atoms in total. The molecule has 1 atom stereocenters. The maximum absolute atomic E-state index is 10.8. The molecule has 0 radical (unpaired) electrons. The van der Waals surface area contributed by atoms with Crippen LogP contribution >= 0.6 is 0 Å². The van der Waals surface area contributed by atoms with Gasteiger partial charge in [-0.2, -0.15) is 0 Å². The number of allylic oxidation sites excluding steroid dienone is 1. The van der Waals surface area contributed by atoms with Gasteiger partial charge in [-0.15, -0.1) is 0 Å². The molecule has 0 N–H and O–H groups in total. The van der Waals surface area contributed by atoms with Crippen LogP contribution in [-0.2, 0) is 4.79 Å². The van der Waals surface area contributed by atoms with Crippen LogP contribution in [0.2, 0.25) is 0 Å². The topological polar surface area (TPSA) is 17.1 Å². The van der Waals surface area contributed by atoms with Crippen LogP contribution in [0.3, 0.4) is 0 Å². The third kappa shape index (κ3) is 4.04. The molecule has 1 heteroatoms. The summed E-state index contributed by atoms with van der Waals surface area (Å²) in [5, 5.41) is 0. The zero-order valence-electron chi connectivity index (χ0n) is 8.73. The fraction of sp³-hybridized carbons (Fsp3) is 0.308. The molecule has 0 bridgehead atoms. The lowest BCUT2D eigenvalue weighted by Gasteiger charge is -2.01. The third-order valence-corrected chi connectivity index (χ3v) is 2.03. The van der Waals surface area contributed by atoms with E-state index in [0.717, 1.165) is 0 Å². The summed E-state index contributed by atoms with van der Waals surface area (Å²) in [5.74, 6) is 0.572. The number of ketones is 1. The van der Waals surface area contributed by atoms with Gasteiger partial charge in [-0.25, -0.2) is 0 Å². The van der Waals surface area contributed by atoms with Crippen LogP contribution in [0.4, 0.5) is 0 Å². The van der Waals surface area contributed by atoms with Gasteiger partial charge in [-0.1, -0.05) is 49.4 Å². The maximum Gasteiger partial charge on any atom is 0.130 e. The molecule has 1 aromatic rings. The summed E-state index contributed by atoms with van der Waals surface area (Å²) in [6.45, 7) is 3.69. The molecule has 0 aliphatic heterocycles. The Morgan fingerprint density at radius 2 is 2.00 bits per heavy atom. The predicted molar refractivity (Wildman–Crippen MR) is 59.9 cm³/mol. The van der Waals surface area contributed by atoms with Crippen molar-refractivity contribution in [3.8, 4) is 0 Å². The predicted octanol–water partition coefficient (Wildman–Crippen LogP) is 3.32. The van der Waals surface area contributed by atoms with Gasteiger partial charge >= 0.3 is 0 Å². The van der Waals surface area contributed by atoms with E-state index in [1.54, 1.807) is 6.92 Å². The summed E-state index contributed by atoms with van der Waals surface area (Å²) in [4.78, 5) is 10.8. The molecule has 0 aliphatic carbocycles. The Hall–Kier alpha value is -1.37. The molecule has 0 aliphatic rings. The summed E-state index contributed by atoms with van der Waals surface area (Å²) in [5.41, 5.74) is 1.18. The normalized spacial score (nSPS) is 13.0. The molecule has 0 unspecified atom stereocenters. The van der Waals surface area contributed by atoms with Gasteiger partial charge in [0.15, 0.2) is 0 Å². The van der Waals surface area contributed by atoms with Crippen LogP contribution in [-0.4, -0.2) is 5.78 Å². The Labute approximate surface area is 85.5 Å². The Bertz CT molecular complexity index is 311. The fourth-order valence-electron chi connectivity index (χ4n) is 1.36. The first-order valence-corrected chi connectivity index (χ1v) is 4.91. The number of benzene rings is 1. The van der Waals surface area contributed by atoms with E-state index in [9.17, 15) is 4.79 Å². The van der Waals surface area contributed by atoms with Crippen molar-refractivity contribution in [2.75, 3.05) is 0 Å². The van der Waals surface area contributed by atoms with Gasteiger partial charge in [-0.3, -0.25) is 0 Å². The molecule has 74 valence electrons. The number of carbonyl (C=O) groups excluding carboxylic acids is 1. The van der Waals surface area contributed by atoms with Crippen molar-refractivity contribution in [2.24, 2.45) is 5.92 Å². The van der Waals surface area contributed by atoms with Crippen LogP contribution < -0.4 is 0 Å². The molecular weight excluding hydrogens is 172 g/mol. The van der Waals surface area contributed by atoms with Gasteiger partial charge in [0.1, 0.15) is 5.78 Å². The third-order valence-electron chi connectivity index (χ3n) is 2.03. The molecule has 0 saturated heterocycles. The van der Waals surface area contributed by atoms with E-state index < -0.39 is 0 Å². The highest BCUT2D eigenvalue weighted by Crippen LogP contribution is 2.08. The number of rotatable bonds is 4. The van der Waals surface area contributed by atoms with E-state index in [1.165, 1.54) is 5.56 Å². The van der Waals surface area contributed by atoms with Crippen molar-refractivity contribution in [1.82, 2.24) is 0 Å². The number of Topliss-reactive ketones (excluding diaryl/α,β-unsaturated/α-hetero) is 1. The van der Waals surface area contributed by atoms with Crippen LogP contribution in [0.25, 0.3) is 6.08 Å². The minimum Gasteiger partial charge on any atom is -0.300 e. The molecule has 0 amide bonds. The van der Waals surface area contributed by atoms with E-state index in [2.05, 4.69) is 31.2 Å². The minimum atomic E-state index is 0.246. The molecule has 0 heterocycles. The first-order valence-electron chi connectivity index (χ1n) is 4.91. The van der Waals surface area contributed by atoms with Gasteiger partial charge in [0.25, 0.3) is 0 Å². The Morgan fingerprint density at radius 1 is 1.36 bits per heavy atom. The van der Waals surface area contributed by atoms with Gasteiger partial charge in [-0.05, 0) is 18.4 Å². The molecular formula is C13H16O. The lowest BCUT2D eigenvalue weighted by Crippen LogP contribution is -1.97. The smallest absolute Gasteiger partial charge is 0.130 e. The second kappa shape index (κ2) is 5.38. The minimum absolute atomic E-state index is 0.246.